The second-order valence-corrected chi connectivity index (χ2v) is 7.49. The first kappa shape index (κ1) is 14.0. The van der Waals surface area contributed by atoms with Gasteiger partial charge in [-0.15, -0.1) is 0 Å². The molecular weight excluding hydrogens is 308 g/mol. The van der Waals surface area contributed by atoms with Gasteiger partial charge in [-0.3, -0.25) is 4.79 Å². The van der Waals surface area contributed by atoms with Crippen LogP contribution in [0, 0.1) is 0 Å². The van der Waals surface area contributed by atoms with Crippen LogP contribution in [0.3, 0.4) is 0 Å². The number of aromatic amines is 1. The van der Waals surface area contributed by atoms with Crippen LogP contribution in [0.15, 0.2) is 15.1 Å². The minimum Gasteiger partial charge on any atom is -0.382 e. The van der Waals surface area contributed by atoms with Gasteiger partial charge in [0.05, 0.1) is 12.3 Å². The molecule has 0 atom stereocenters. The molecule has 0 saturated heterocycles. The molecule has 19 heavy (non-hydrogen) atoms. The maximum Gasteiger partial charge on any atom is 0.304 e. The predicted molar refractivity (Wildman–Crippen MR) is 76.5 cm³/mol. The molecule has 10 heteroatoms. The molecule has 0 aliphatic heterocycles. The molecule has 2 heterocycles. The van der Waals surface area contributed by atoms with Crippen LogP contribution >= 0.6 is 22.9 Å². The number of nitrogen functional groups attached to an aromatic ring is 1. The average molecular weight is 320 g/mol. The molecule has 0 fully saturated rings. The van der Waals surface area contributed by atoms with Crippen LogP contribution in [0.5, 0.6) is 0 Å². The maximum absolute atomic E-state index is 11.9. The molecule has 0 unspecified atom stereocenters. The lowest BCUT2D eigenvalue weighted by atomic mass is 10.5. The number of nitrogens with two attached hydrogens (primary N) is 1. The van der Waals surface area contributed by atoms with Crippen molar-refractivity contribution in [1.82, 2.24) is 9.36 Å². The van der Waals surface area contributed by atoms with Gasteiger partial charge in [0.1, 0.15) is 9.90 Å². The van der Waals surface area contributed by atoms with E-state index in [1.165, 1.54) is 0 Å². The van der Waals surface area contributed by atoms with Gasteiger partial charge in [0.25, 0.3) is 0 Å². The molecular formula is C9H12N4O3S3. The zero-order valence-corrected chi connectivity index (χ0v) is 12.4. The van der Waals surface area contributed by atoms with E-state index >= 15 is 0 Å². The molecule has 2 rings (SSSR count). The van der Waals surface area contributed by atoms with E-state index in [0.29, 0.717) is 17.2 Å². The van der Waals surface area contributed by atoms with Crippen molar-refractivity contribution in [2.75, 3.05) is 16.8 Å². The minimum absolute atomic E-state index is 0.00756. The highest BCUT2D eigenvalue weighted by molar-refractivity contribution is 7.91. The Morgan fingerprint density at radius 2 is 2.26 bits per heavy atom. The zero-order chi connectivity index (χ0) is 14.0. The van der Waals surface area contributed by atoms with Crippen molar-refractivity contribution in [3.05, 3.63) is 20.7 Å². The molecule has 0 spiro atoms. The van der Waals surface area contributed by atoms with E-state index in [1.54, 1.807) is 12.3 Å². The highest BCUT2D eigenvalue weighted by Gasteiger charge is 2.23. The summed E-state index contributed by atoms with van der Waals surface area (Å²) in [5.41, 5.74) is 6.28. The van der Waals surface area contributed by atoms with Crippen LogP contribution in [-0.2, 0) is 16.4 Å². The number of aromatic nitrogens is 2. The Bertz CT molecular complexity index is 728. The lowest BCUT2D eigenvalue weighted by Crippen LogP contribution is -2.09. The minimum atomic E-state index is -3.42. The SMILES string of the molecule is CCS(=O)(=O)c1c(N)nsc1NCc1csc(=O)[nH]1. The third kappa shape index (κ3) is 2.96. The highest BCUT2D eigenvalue weighted by atomic mass is 32.2. The Labute approximate surface area is 117 Å². The first-order valence-corrected chi connectivity index (χ1v) is 8.63. The zero-order valence-electron chi connectivity index (χ0n) is 9.97. The molecule has 4 N–H and O–H groups in total. The largest absolute Gasteiger partial charge is 0.382 e. The van der Waals surface area contributed by atoms with Crippen LogP contribution in [-0.4, -0.2) is 23.5 Å². The Balaban J connectivity index is 2.24. The Morgan fingerprint density at radius 1 is 1.53 bits per heavy atom. The van der Waals surface area contributed by atoms with Gasteiger partial charge in [-0.2, -0.15) is 4.37 Å². The van der Waals surface area contributed by atoms with E-state index in [1.807, 2.05) is 0 Å². The molecule has 0 bridgehead atoms. The first-order valence-electron chi connectivity index (χ1n) is 5.32. The number of H-pyrrole nitrogens is 1. The van der Waals surface area contributed by atoms with Gasteiger partial charge in [-0.25, -0.2) is 8.42 Å². The second kappa shape index (κ2) is 5.31. The number of sulfone groups is 1. The molecule has 2 aromatic rings. The molecule has 0 aromatic carbocycles. The summed E-state index contributed by atoms with van der Waals surface area (Å²) in [5, 5.41) is 5.01. The van der Waals surface area contributed by atoms with Crippen molar-refractivity contribution >= 4 is 43.5 Å². The number of nitrogens with one attached hydrogen (secondary N) is 2. The Morgan fingerprint density at radius 3 is 2.84 bits per heavy atom. The quantitative estimate of drug-likeness (QED) is 0.752. The van der Waals surface area contributed by atoms with Crippen molar-refractivity contribution in [1.29, 1.82) is 0 Å². The van der Waals surface area contributed by atoms with Gasteiger partial charge in [-0.05, 0) is 11.5 Å². The third-order valence-electron chi connectivity index (χ3n) is 2.38. The van der Waals surface area contributed by atoms with Crippen LogP contribution in [0.25, 0.3) is 0 Å². The van der Waals surface area contributed by atoms with E-state index in [2.05, 4.69) is 14.7 Å². The van der Waals surface area contributed by atoms with Crippen LogP contribution in [0.2, 0.25) is 0 Å². The fourth-order valence-electron chi connectivity index (χ4n) is 1.43. The number of nitrogens with zero attached hydrogens (tertiary/aromatic N) is 1. The molecule has 0 radical (unpaired) electrons. The van der Waals surface area contributed by atoms with Crippen molar-refractivity contribution in [2.24, 2.45) is 0 Å². The summed E-state index contributed by atoms with van der Waals surface area (Å²) in [4.78, 5) is 13.5. The van der Waals surface area contributed by atoms with E-state index < -0.39 is 9.84 Å². The molecule has 104 valence electrons. The van der Waals surface area contributed by atoms with Crippen LogP contribution < -0.4 is 15.9 Å². The smallest absolute Gasteiger partial charge is 0.304 e. The summed E-state index contributed by atoms with van der Waals surface area (Å²) in [5.74, 6) is -0.0345. The summed E-state index contributed by atoms with van der Waals surface area (Å²) >= 11 is 2.04. The van der Waals surface area contributed by atoms with Gasteiger partial charge in [0.15, 0.2) is 15.7 Å². The van der Waals surface area contributed by atoms with Gasteiger partial charge < -0.3 is 16.0 Å². The lowest BCUT2D eigenvalue weighted by Gasteiger charge is -2.05. The highest BCUT2D eigenvalue weighted by Crippen LogP contribution is 2.32. The average Bonchev–Trinajstić information content (AvgIpc) is 2.93. The number of thiazole rings is 1. The van der Waals surface area contributed by atoms with Crippen molar-refractivity contribution < 1.29 is 8.42 Å². The molecule has 0 aliphatic rings. The molecule has 2 aromatic heterocycles. The summed E-state index contributed by atoms with van der Waals surface area (Å²) in [6.45, 7) is 1.86. The third-order valence-corrected chi connectivity index (χ3v) is 5.84. The first-order chi connectivity index (χ1) is 8.94. The van der Waals surface area contributed by atoms with Gasteiger partial charge in [-0.1, -0.05) is 18.3 Å². The van der Waals surface area contributed by atoms with Gasteiger partial charge >= 0.3 is 4.87 Å². The summed E-state index contributed by atoms with van der Waals surface area (Å²) in [6, 6.07) is 0. The van der Waals surface area contributed by atoms with Crippen LogP contribution in [0.4, 0.5) is 10.8 Å². The van der Waals surface area contributed by atoms with E-state index in [9.17, 15) is 13.2 Å². The number of anilines is 2. The van der Waals surface area contributed by atoms with E-state index in [4.69, 9.17) is 5.73 Å². The fraction of sp³-hybridized carbons (Fsp3) is 0.333. The fourth-order valence-corrected chi connectivity index (χ4v) is 4.17. The van der Waals surface area contributed by atoms with Crippen molar-refractivity contribution in [3.8, 4) is 0 Å². The lowest BCUT2D eigenvalue weighted by molar-refractivity contribution is 0.598. The molecule has 7 nitrogen and oxygen atoms in total. The second-order valence-electron chi connectivity index (χ2n) is 3.66. The van der Waals surface area contributed by atoms with Gasteiger partial charge in [0, 0.05) is 11.1 Å². The monoisotopic (exact) mass is 320 g/mol. The topological polar surface area (TPSA) is 118 Å². The Kier molecular flexibility index (Phi) is 3.92. The van der Waals surface area contributed by atoms with Crippen molar-refractivity contribution in [3.63, 3.8) is 0 Å². The molecule has 0 aliphatic carbocycles. The number of hydrogen-bond donors (Lipinski definition) is 3. The Hall–Kier alpha value is -1.39. The van der Waals surface area contributed by atoms with Crippen LogP contribution in [0.1, 0.15) is 12.6 Å². The maximum atomic E-state index is 11.9. The van der Waals surface area contributed by atoms with E-state index in [-0.39, 0.29) is 21.3 Å². The normalized spacial score (nSPS) is 11.6. The number of hydrogen-bond acceptors (Lipinski definition) is 8. The summed E-state index contributed by atoms with van der Waals surface area (Å²) in [6.07, 6.45) is 0. The summed E-state index contributed by atoms with van der Waals surface area (Å²) in [7, 11) is -3.42. The molecule has 0 amide bonds. The molecule has 0 saturated carbocycles. The number of rotatable bonds is 5. The van der Waals surface area contributed by atoms with E-state index in [0.717, 1.165) is 22.9 Å². The summed E-state index contributed by atoms with van der Waals surface area (Å²) < 4.78 is 27.7. The standard InChI is InChI=1S/C9H12N4O3S3/c1-2-19(15,16)6-7(10)13-18-8(6)11-3-5-4-17-9(14)12-5/h4,11H,2-3H2,1H3,(H2,10,13)(H,12,14). The van der Waals surface area contributed by atoms with Crippen molar-refractivity contribution in [2.45, 2.75) is 18.4 Å². The van der Waals surface area contributed by atoms with Gasteiger partial charge in [0.2, 0.25) is 0 Å². The predicted octanol–water partition coefficient (Wildman–Crippen LogP) is 0.881.